The van der Waals surface area contributed by atoms with E-state index in [4.69, 9.17) is 4.74 Å². The van der Waals surface area contributed by atoms with E-state index in [-0.39, 0.29) is 35.0 Å². The number of carbonyl (C=O) groups is 1. The number of benzene rings is 3. The maximum Gasteiger partial charge on any atom is 0.271 e. The molecule has 0 radical (unpaired) electrons. The zero-order valence-electron chi connectivity index (χ0n) is 25.5. The molecular formula is C38H42N2O4. The molecule has 0 unspecified atom stereocenters. The number of carbonyl (C=O) groups excluding carboxylic acids is 1. The van der Waals surface area contributed by atoms with Gasteiger partial charge in [-0.25, -0.2) is 0 Å². The maximum atomic E-state index is 13.6. The van der Waals surface area contributed by atoms with Crippen molar-refractivity contribution in [1.29, 1.82) is 0 Å². The van der Waals surface area contributed by atoms with Crippen molar-refractivity contribution in [3.63, 3.8) is 0 Å². The molecule has 1 spiro atoms. The molecule has 1 saturated carbocycles. The lowest BCUT2D eigenvalue weighted by atomic mass is 9.77. The van der Waals surface area contributed by atoms with Crippen LogP contribution in [-0.2, 0) is 12.8 Å². The summed E-state index contributed by atoms with van der Waals surface area (Å²) in [5.74, 6) is 0.849. The zero-order chi connectivity index (χ0) is 30.5. The summed E-state index contributed by atoms with van der Waals surface area (Å²) in [6, 6.07) is 28.7. The van der Waals surface area contributed by atoms with Crippen LogP contribution in [0.3, 0.4) is 0 Å². The number of fused-ring (bicyclic) bond motifs is 1. The van der Waals surface area contributed by atoms with Gasteiger partial charge in [0.15, 0.2) is 5.78 Å². The topological polar surface area (TPSA) is 81.4 Å². The molecule has 1 aromatic heterocycles. The van der Waals surface area contributed by atoms with E-state index in [0.717, 1.165) is 43.4 Å². The third-order valence-electron chi connectivity index (χ3n) is 9.61. The fraction of sp³-hybridized carbons (Fsp3) is 0.395. The SMILES string of the molecule is CCc1ccc2c(c1)[C@@H](CC[C@@H](O)[C@@H](CC(=O)c1ccc(=O)n(-c3ccccc3)n1)Cc1ccccc1)CC1(CCCC1)O2. The van der Waals surface area contributed by atoms with Crippen LogP contribution in [0.15, 0.2) is 95.8 Å². The molecule has 6 heteroatoms. The molecule has 1 aliphatic heterocycles. The Morgan fingerprint density at radius 3 is 2.43 bits per heavy atom. The van der Waals surface area contributed by atoms with E-state index in [0.29, 0.717) is 24.4 Å². The molecule has 1 aliphatic carbocycles. The van der Waals surface area contributed by atoms with E-state index < -0.39 is 6.10 Å². The molecule has 0 saturated heterocycles. The van der Waals surface area contributed by atoms with E-state index in [1.807, 2.05) is 48.5 Å². The van der Waals surface area contributed by atoms with Crippen molar-refractivity contribution in [2.24, 2.45) is 5.92 Å². The Labute approximate surface area is 259 Å². The predicted octanol–water partition coefficient (Wildman–Crippen LogP) is 7.25. The van der Waals surface area contributed by atoms with Crippen LogP contribution in [0.4, 0.5) is 0 Å². The van der Waals surface area contributed by atoms with E-state index in [9.17, 15) is 14.7 Å². The van der Waals surface area contributed by atoms with Crippen LogP contribution < -0.4 is 10.3 Å². The van der Waals surface area contributed by atoms with Gasteiger partial charge in [-0.3, -0.25) is 9.59 Å². The first-order valence-electron chi connectivity index (χ1n) is 16.2. The second-order valence-electron chi connectivity index (χ2n) is 12.6. The van der Waals surface area contributed by atoms with Gasteiger partial charge in [-0.15, -0.1) is 0 Å². The molecule has 2 aliphatic rings. The van der Waals surface area contributed by atoms with Gasteiger partial charge in [0.1, 0.15) is 17.0 Å². The number of rotatable bonds is 11. The standard InChI is InChI=1S/C38H42N2O4/c1-2-27-15-19-36-32(24-27)29(26-38(44-36)21-9-10-22-38)16-18-34(41)30(23-28-11-5-3-6-12-28)25-35(42)33-17-20-37(43)40(39-33)31-13-7-4-8-14-31/h3-8,11-15,17,19-20,24,29-30,34,41H,2,9-10,16,18,21-23,25-26H2,1H3/t29-,30+,34+/m0/s1. The van der Waals surface area contributed by atoms with Crippen molar-refractivity contribution in [3.8, 4) is 11.4 Å². The van der Waals surface area contributed by atoms with Crippen LogP contribution in [0.25, 0.3) is 5.69 Å². The molecule has 44 heavy (non-hydrogen) atoms. The third kappa shape index (κ3) is 6.71. The van der Waals surface area contributed by atoms with E-state index >= 15 is 0 Å². The molecule has 1 N–H and O–H groups in total. The average Bonchev–Trinajstić information content (AvgIpc) is 3.51. The Kier molecular flexibility index (Phi) is 9.08. The average molecular weight is 591 g/mol. The highest BCUT2D eigenvalue weighted by molar-refractivity contribution is 5.94. The van der Waals surface area contributed by atoms with Crippen molar-refractivity contribution >= 4 is 5.78 Å². The summed E-state index contributed by atoms with van der Waals surface area (Å²) in [4.78, 5) is 26.2. The molecule has 0 bridgehead atoms. The van der Waals surface area contributed by atoms with Crippen molar-refractivity contribution in [1.82, 2.24) is 9.78 Å². The number of para-hydroxylation sites is 1. The molecule has 3 aromatic carbocycles. The Balaban J connectivity index is 1.22. The van der Waals surface area contributed by atoms with Gasteiger partial charge in [-0.05, 0) is 111 Å². The van der Waals surface area contributed by atoms with Gasteiger partial charge in [-0.1, -0.05) is 67.6 Å². The Morgan fingerprint density at radius 2 is 1.70 bits per heavy atom. The molecule has 1 fully saturated rings. The highest BCUT2D eigenvalue weighted by Crippen LogP contribution is 2.50. The minimum atomic E-state index is -0.667. The first-order valence-corrected chi connectivity index (χ1v) is 16.2. The van der Waals surface area contributed by atoms with Gasteiger partial charge in [0.25, 0.3) is 5.56 Å². The summed E-state index contributed by atoms with van der Waals surface area (Å²) >= 11 is 0. The maximum absolute atomic E-state index is 13.6. The Bertz CT molecular complexity index is 1630. The highest BCUT2D eigenvalue weighted by Gasteiger charge is 2.43. The van der Waals surface area contributed by atoms with Crippen LogP contribution in [0.1, 0.15) is 91.4 Å². The van der Waals surface area contributed by atoms with Crippen LogP contribution in [-0.4, -0.2) is 32.4 Å². The summed E-state index contributed by atoms with van der Waals surface area (Å²) < 4.78 is 7.92. The Morgan fingerprint density at radius 1 is 0.977 bits per heavy atom. The molecule has 228 valence electrons. The minimum Gasteiger partial charge on any atom is -0.487 e. The number of aryl methyl sites for hydroxylation is 1. The fourth-order valence-electron chi connectivity index (χ4n) is 7.17. The fourth-order valence-corrected chi connectivity index (χ4v) is 7.17. The van der Waals surface area contributed by atoms with Crippen molar-refractivity contribution < 1.29 is 14.6 Å². The molecule has 3 atom stereocenters. The lowest BCUT2D eigenvalue weighted by Gasteiger charge is -2.40. The summed E-state index contributed by atoms with van der Waals surface area (Å²) in [5.41, 5.74) is 4.10. The quantitative estimate of drug-likeness (QED) is 0.186. The first-order chi connectivity index (χ1) is 21.4. The summed E-state index contributed by atoms with van der Waals surface area (Å²) in [6.07, 6.45) is 8.02. The lowest BCUT2D eigenvalue weighted by Crippen LogP contribution is -2.38. The predicted molar refractivity (Wildman–Crippen MR) is 173 cm³/mol. The number of nitrogens with zero attached hydrogens (tertiary/aromatic N) is 2. The molecular weight excluding hydrogens is 548 g/mol. The van der Waals surface area contributed by atoms with Crippen molar-refractivity contribution in [3.05, 3.63) is 124 Å². The summed E-state index contributed by atoms with van der Waals surface area (Å²) in [5, 5.41) is 16.1. The van der Waals surface area contributed by atoms with Crippen molar-refractivity contribution in [2.45, 2.75) is 88.8 Å². The molecule has 2 heterocycles. The van der Waals surface area contributed by atoms with E-state index in [1.54, 1.807) is 12.1 Å². The van der Waals surface area contributed by atoms with Gasteiger partial charge in [0, 0.05) is 12.5 Å². The number of aliphatic hydroxyl groups is 1. The van der Waals surface area contributed by atoms with Crippen LogP contribution in [0, 0.1) is 5.92 Å². The number of ether oxygens (including phenoxy) is 1. The number of Topliss-reactive ketones (excluding diaryl/α,β-unsaturated/α-hetero) is 1. The molecule has 6 nitrogen and oxygen atoms in total. The van der Waals surface area contributed by atoms with Crippen molar-refractivity contribution in [2.75, 3.05) is 0 Å². The van der Waals surface area contributed by atoms with Gasteiger partial charge < -0.3 is 9.84 Å². The molecule has 0 amide bonds. The summed E-state index contributed by atoms with van der Waals surface area (Å²) in [7, 11) is 0. The van der Waals surface area contributed by atoms with Crippen LogP contribution in [0.5, 0.6) is 5.75 Å². The number of hydrogen-bond acceptors (Lipinski definition) is 5. The Hall–Kier alpha value is -4.03. The van der Waals surface area contributed by atoms with Crippen LogP contribution in [0.2, 0.25) is 0 Å². The van der Waals surface area contributed by atoms with Crippen LogP contribution >= 0.6 is 0 Å². The number of aromatic nitrogens is 2. The highest BCUT2D eigenvalue weighted by atomic mass is 16.5. The lowest BCUT2D eigenvalue weighted by molar-refractivity contribution is 0.0343. The second-order valence-corrected chi connectivity index (χ2v) is 12.6. The third-order valence-corrected chi connectivity index (χ3v) is 9.61. The number of hydrogen-bond donors (Lipinski definition) is 1. The second kappa shape index (κ2) is 13.3. The first kappa shape index (κ1) is 30.0. The monoisotopic (exact) mass is 590 g/mol. The van der Waals surface area contributed by atoms with Gasteiger partial charge in [0.05, 0.1) is 11.8 Å². The minimum absolute atomic E-state index is 0.0940. The largest absolute Gasteiger partial charge is 0.487 e. The molecule has 6 rings (SSSR count). The normalized spacial score (nSPS) is 18.4. The smallest absolute Gasteiger partial charge is 0.271 e. The molecule has 4 aromatic rings. The van der Waals surface area contributed by atoms with Gasteiger partial charge >= 0.3 is 0 Å². The number of aliphatic hydroxyl groups excluding tert-OH is 1. The van der Waals surface area contributed by atoms with Gasteiger partial charge in [-0.2, -0.15) is 9.78 Å². The van der Waals surface area contributed by atoms with E-state index in [2.05, 4.69) is 30.2 Å². The number of ketones is 1. The van der Waals surface area contributed by atoms with E-state index in [1.165, 1.54) is 40.8 Å². The van der Waals surface area contributed by atoms with Gasteiger partial charge in [0.2, 0.25) is 0 Å². The summed E-state index contributed by atoms with van der Waals surface area (Å²) in [6.45, 7) is 2.18. The zero-order valence-corrected chi connectivity index (χ0v) is 25.5.